The number of nitrogens with zero attached hydrogens (tertiary/aromatic N) is 2. The van der Waals surface area contributed by atoms with E-state index in [9.17, 15) is 9.59 Å². The molecule has 3 aromatic rings. The largest absolute Gasteiger partial charge is 0.496 e. The summed E-state index contributed by atoms with van der Waals surface area (Å²) in [5.41, 5.74) is 3.83. The number of piperazine rings is 1. The van der Waals surface area contributed by atoms with E-state index in [0.717, 1.165) is 27.6 Å². The number of methoxy groups -OCH3 is 1. The first kappa shape index (κ1) is 23.2. The average Bonchev–Trinajstić information content (AvgIpc) is 3.20. The summed E-state index contributed by atoms with van der Waals surface area (Å²) in [6.07, 6.45) is 3.27. The Morgan fingerprint density at radius 2 is 1.70 bits per heavy atom. The van der Waals surface area contributed by atoms with Crippen molar-refractivity contribution in [1.82, 2.24) is 9.80 Å². The molecule has 33 heavy (non-hydrogen) atoms. The number of carbonyl (C=O) groups excluding carboxylic acids is 2. The van der Waals surface area contributed by atoms with E-state index in [2.05, 4.69) is 0 Å². The van der Waals surface area contributed by atoms with E-state index < -0.39 is 0 Å². The molecule has 0 N–H and O–H groups in total. The second kappa shape index (κ2) is 9.49. The van der Waals surface area contributed by atoms with E-state index in [0.29, 0.717) is 47.6 Å². The summed E-state index contributed by atoms with van der Waals surface area (Å²) >= 11 is 12.5. The highest BCUT2D eigenvalue weighted by atomic mass is 35.5. The molecule has 2 heterocycles. The molecule has 0 saturated carbocycles. The van der Waals surface area contributed by atoms with Crippen LogP contribution in [0, 0.1) is 0 Å². The van der Waals surface area contributed by atoms with Crippen molar-refractivity contribution in [2.75, 3.05) is 33.3 Å². The SMILES string of the molecule is COc1cc2occ(-c3ccc(Cl)cc3Cl)c2cc1/C(C)=C/C(=O)N1CCN(C(C)=O)CC1. The molecule has 2 aromatic carbocycles. The van der Waals surface area contributed by atoms with E-state index in [4.69, 9.17) is 32.4 Å². The van der Waals surface area contributed by atoms with E-state index >= 15 is 0 Å². The number of halogens is 2. The molecule has 0 bridgehead atoms. The number of carbonyl (C=O) groups is 2. The third-order valence-corrected chi connectivity index (χ3v) is 6.47. The minimum absolute atomic E-state index is 0.0311. The van der Waals surface area contributed by atoms with Crippen LogP contribution in [0.1, 0.15) is 19.4 Å². The molecule has 0 unspecified atom stereocenters. The molecular formula is C25H24Cl2N2O4. The zero-order valence-electron chi connectivity index (χ0n) is 18.7. The highest BCUT2D eigenvalue weighted by molar-refractivity contribution is 6.36. The van der Waals surface area contributed by atoms with Crippen LogP contribution in [0.15, 0.2) is 47.1 Å². The molecule has 0 spiro atoms. The van der Waals surface area contributed by atoms with Crippen molar-refractivity contribution in [3.05, 3.63) is 58.3 Å². The lowest BCUT2D eigenvalue weighted by Crippen LogP contribution is -2.49. The third-order valence-electron chi connectivity index (χ3n) is 5.92. The van der Waals surface area contributed by atoms with Crippen molar-refractivity contribution in [3.8, 4) is 16.9 Å². The normalized spacial score (nSPS) is 14.6. The zero-order chi connectivity index (χ0) is 23.7. The minimum atomic E-state index is -0.0917. The van der Waals surface area contributed by atoms with Crippen LogP contribution >= 0.6 is 23.2 Å². The maximum atomic E-state index is 12.9. The number of hydrogen-bond donors (Lipinski definition) is 0. The van der Waals surface area contributed by atoms with Crippen LogP contribution in [0.2, 0.25) is 10.0 Å². The van der Waals surface area contributed by atoms with Crippen molar-refractivity contribution < 1.29 is 18.7 Å². The maximum Gasteiger partial charge on any atom is 0.246 e. The molecule has 1 aromatic heterocycles. The van der Waals surface area contributed by atoms with E-state index in [1.165, 1.54) is 0 Å². The Balaban J connectivity index is 1.67. The summed E-state index contributed by atoms with van der Waals surface area (Å²) in [5, 5.41) is 1.93. The van der Waals surface area contributed by atoms with Gasteiger partial charge in [-0.1, -0.05) is 29.3 Å². The molecule has 1 fully saturated rings. The van der Waals surface area contributed by atoms with Crippen LogP contribution in [0.4, 0.5) is 0 Å². The Morgan fingerprint density at radius 3 is 2.33 bits per heavy atom. The molecule has 6 nitrogen and oxygen atoms in total. The van der Waals surface area contributed by atoms with Gasteiger partial charge in [-0.3, -0.25) is 9.59 Å². The van der Waals surface area contributed by atoms with Gasteiger partial charge in [-0.05, 0) is 30.7 Å². The standard InChI is InChI=1S/C25H24Cl2N2O4/c1-15(10-25(31)29-8-6-28(7-9-29)16(2)30)19-12-20-21(14-33-24(20)13-23(19)32-3)18-5-4-17(26)11-22(18)27/h4-5,10-14H,6-9H2,1-3H3/b15-10+. The Hall–Kier alpha value is -2.96. The summed E-state index contributed by atoms with van der Waals surface area (Å²) in [6.45, 7) is 5.54. The number of amides is 2. The van der Waals surface area contributed by atoms with Gasteiger partial charge in [0.2, 0.25) is 11.8 Å². The zero-order valence-corrected chi connectivity index (χ0v) is 20.2. The topological polar surface area (TPSA) is 63.0 Å². The number of hydrogen-bond acceptors (Lipinski definition) is 4. The summed E-state index contributed by atoms with van der Waals surface area (Å²) in [7, 11) is 1.58. The van der Waals surface area contributed by atoms with Crippen LogP contribution in [-0.4, -0.2) is 54.9 Å². The molecule has 4 rings (SSSR count). The first-order valence-corrected chi connectivity index (χ1v) is 11.3. The van der Waals surface area contributed by atoms with Crippen molar-refractivity contribution in [2.24, 2.45) is 0 Å². The molecule has 1 aliphatic rings. The molecular weight excluding hydrogens is 463 g/mol. The average molecular weight is 487 g/mol. The number of ether oxygens (including phenoxy) is 1. The quantitative estimate of drug-likeness (QED) is 0.456. The third kappa shape index (κ3) is 4.72. The number of furan rings is 1. The van der Waals surface area contributed by atoms with E-state index in [1.807, 2.05) is 25.1 Å². The van der Waals surface area contributed by atoms with Gasteiger partial charge in [0.1, 0.15) is 11.3 Å². The van der Waals surface area contributed by atoms with Gasteiger partial charge in [0.05, 0.1) is 18.4 Å². The fourth-order valence-electron chi connectivity index (χ4n) is 4.04. The Kier molecular flexibility index (Phi) is 6.68. The van der Waals surface area contributed by atoms with E-state index in [1.54, 1.807) is 48.3 Å². The molecule has 172 valence electrons. The van der Waals surface area contributed by atoms with Crippen LogP contribution in [0.25, 0.3) is 27.7 Å². The number of fused-ring (bicyclic) bond motifs is 1. The molecule has 1 saturated heterocycles. The van der Waals surface area contributed by atoms with Gasteiger partial charge in [0.15, 0.2) is 0 Å². The fourth-order valence-corrected chi connectivity index (χ4v) is 4.55. The van der Waals surface area contributed by atoms with Gasteiger partial charge in [-0.15, -0.1) is 0 Å². The van der Waals surface area contributed by atoms with Gasteiger partial charge < -0.3 is 19.0 Å². The Bertz CT molecular complexity index is 1260. The fraction of sp³-hybridized carbons (Fsp3) is 0.280. The van der Waals surface area contributed by atoms with E-state index in [-0.39, 0.29) is 11.8 Å². The van der Waals surface area contributed by atoms with Crippen molar-refractivity contribution in [2.45, 2.75) is 13.8 Å². The summed E-state index contributed by atoms with van der Waals surface area (Å²) in [4.78, 5) is 27.9. The van der Waals surface area contributed by atoms with Gasteiger partial charge in [0, 0.05) is 72.3 Å². The van der Waals surface area contributed by atoms with Crippen molar-refractivity contribution >= 4 is 51.6 Å². The van der Waals surface area contributed by atoms with Crippen LogP contribution in [0.3, 0.4) is 0 Å². The first-order chi connectivity index (χ1) is 15.8. The summed E-state index contributed by atoms with van der Waals surface area (Å²) < 4.78 is 11.4. The minimum Gasteiger partial charge on any atom is -0.496 e. The van der Waals surface area contributed by atoms with Crippen LogP contribution in [-0.2, 0) is 9.59 Å². The Labute approximate surface area is 202 Å². The predicted octanol–water partition coefficient (Wildman–Crippen LogP) is 5.51. The lowest BCUT2D eigenvalue weighted by molar-refractivity contribution is -0.135. The monoisotopic (exact) mass is 486 g/mol. The molecule has 8 heteroatoms. The number of benzene rings is 2. The Morgan fingerprint density at radius 1 is 1.00 bits per heavy atom. The highest BCUT2D eigenvalue weighted by Gasteiger charge is 2.22. The van der Waals surface area contributed by atoms with Gasteiger partial charge in [-0.2, -0.15) is 0 Å². The lowest BCUT2D eigenvalue weighted by atomic mass is 9.99. The predicted molar refractivity (Wildman–Crippen MR) is 131 cm³/mol. The molecule has 0 atom stereocenters. The van der Waals surface area contributed by atoms with Crippen molar-refractivity contribution in [3.63, 3.8) is 0 Å². The van der Waals surface area contributed by atoms with Gasteiger partial charge >= 0.3 is 0 Å². The molecule has 0 aliphatic carbocycles. The van der Waals surface area contributed by atoms with Gasteiger partial charge in [-0.25, -0.2) is 0 Å². The molecule has 0 radical (unpaired) electrons. The molecule has 1 aliphatic heterocycles. The van der Waals surface area contributed by atoms with Crippen molar-refractivity contribution in [1.29, 1.82) is 0 Å². The number of allylic oxidation sites excluding steroid dienone is 1. The maximum absolute atomic E-state index is 12.9. The summed E-state index contributed by atoms with van der Waals surface area (Å²) in [5.74, 6) is 0.545. The first-order valence-electron chi connectivity index (χ1n) is 10.6. The lowest BCUT2D eigenvalue weighted by Gasteiger charge is -2.33. The summed E-state index contributed by atoms with van der Waals surface area (Å²) in [6, 6.07) is 9.08. The number of rotatable bonds is 4. The second-order valence-electron chi connectivity index (χ2n) is 7.98. The van der Waals surface area contributed by atoms with Crippen LogP contribution in [0.5, 0.6) is 5.75 Å². The van der Waals surface area contributed by atoms with Gasteiger partial charge in [0.25, 0.3) is 0 Å². The molecule has 2 amide bonds. The highest BCUT2D eigenvalue weighted by Crippen LogP contribution is 2.40. The second-order valence-corrected chi connectivity index (χ2v) is 8.82. The van der Waals surface area contributed by atoms with Crippen LogP contribution < -0.4 is 4.74 Å². The smallest absolute Gasteiger partial charge is 0.246 e.